The summed E-state index contributed by atoms with van der Waals surface area (Å²) in [5.41, 5.74) is 1.22. The number of carbonyl (C=O) groups is 1. The molecular weight excluding hydrogens is 364 g/mol. The van der Waals surface area contributed by atoms with Crippen LogP contribution in [0.5, 0.6) is 0 Å². The topological polar surface area (TPSA) is 92.3 Å². The van der Waals surface area contributed by atoms with E-state index in [9.17, 15) is 13.2 Å². The summed E-state index contributed by atoms with van der Waals surface area (Å²) in [4.78, 5) is 23.6. The quantitative estimate of drug-likeness (QED) is 0.843. The molecule has 1 amide bonds. The van der Waals surface area contributed by atoms with E-state index in [-0.39, 0.29) is 36.4 Å². The SMILES string of the molecule is CC(C)c1nc(N[C@@H]2C[C@H]3CC[C@@H]2C3)ncc1C(=O)N1CCS(=O)(=O)CC1. The van der Waals surface area contributed by atoms with Crippen LogP contribution in [0.2, 0.25) is 0 Å². The van der Waals surface area contributed by atoms with Crippen LogP contribution in [0.25, 0.3) is 0 Å². The molecule has 3 fully saturated rings. The average molecular weight is 393 g/mol. The molecule has 148 valence electrons. The molecule has 1 saturated heterocycles. The average Bonchev–Trinajstić information content (AvgIpc) is 3.24. The minimum atomic E-state index is -3.02. The van der Waals surface area contributed by atoms with Crippen LogP contribution in [0.4, 0.5) is 5.95 Å². The monoisotopic (exact) mass is 392 g/mol. The van der Waals surface area contributed by atoms with E-state index >= 15 is 0 Å². The van der Waals surface area contributed by atoms with Crippen molar-refractivity contribution in [2.45, 2.75) is 51.5 Å². The van der Waals surface area contributed by atoms with Gasteiger partial charge in [-0.3, -0.25) is 4.79 Å². The number of rotatable bonds is 4. The van der Waals surface area contributed by atoms with Gasteiger partial charge >= 0.3 is 0 Å². The summed E-state index contributed by atoms with van der Waals surface area (Å²) in [6.07, 6.45) is 6.74. The molecule has 3 atom stereocenters. The Morgan fingerprint density at radius 1 is 1.22 bits per heavy atom. The number of anilines is 1. The van der Waals surface area contributed by atoms with Crippen molar-refractivity contribution in [2.75, 3.05) is 29.9 Å². The summed E-state index contributed by atoms with van der Waals surface area (Å²) < 4.78 is 23.2. The first-order chi connectivity index (χ1) is 12.8. The van der Waals surface area contributed by atoms with E-state index in [0.29, 0.717) is 17.6 Å². The van der Waals surface area contributed by atoms with E-state index in [4.69, 9.17) is 0 Å². The van der Waals surface area contributed by atoms with Gasteiger partial charge in [0.25, 0.3) is 5.91 Å². The van der Waals surface area contributed by atoms with Gasteiger partial charge in [-0.1, -0.05) is 20.3 Å². The van der Waals surface area contributed by atoms with Gasteiger partial charge in [-0.25, -0.2) is 18.4 Å². The van der Waals surface area contributed by atoms with E-state index in [1.165, 1.54) is 25.7 Å². The van der Waals surface area contributed by atoms with Gasteiger partial charge in [0.2, 0.25) is 5.95 Å². The first-order valence-corrected chi connectivity index (χ1v) is 11.8. The molecule has 0 spiro atoms. The number of hydrogen-bond acceptors (Lipinski definition) is 6. The number of carbonyl (C=O) groups excluding carboxylic acids is 1. The first-order valence-electron chi connectivity index (χ1n) is 9.95. The molecule has 1 N–H and O–H groups in total. The standard InChI is InChI=1S/C19H28N4O3S/c1-12(2)17-15(18(24)23-5-7-27(25,26)8-6-23)11-20-19(22-17)21-16-10-13-3-4-14(16)9-13/h11-14,16H,3-10H2,1-2H3,(H,20,21,22)/t13-,14+,16+/m0/s1. The van der Waals surface area contributed by atoms with Gasteiger partial charge in [0, 0.05) is 25.3 Å². The first kappa shape index (κ1) is 18.7. The molecule has 7 nitrogen and oxygen atoms in total. The van der Waals surface area contributed by atoms with Crippen LogP contribution in [-0.2, 0) is 9.84 Å². The van der Waals surface area contributed by atoms with Crippen molar-refractivity contribution in [2.24, 2.45) is 11.8 Å². The fraction of sp³-hybridized carbons (Fsp3) is 0.737. The minimum absolute atomic E-state index is 0.0283. The molecule has 2 aliphatic carbocycles. The molecule has 2 heterocycles. The maximum atomic E-state index is 12.9. The number of nitrogens with zero attached hydrogens (tertiary/aromatic N) is 3. The van der Waals surface area contributed by atoms with Crippen molar-refractivity contribution in [3.05, 3.63) is 17.5 Å². The molecule has 2 bridgehead atoms. The molecule has 2 saturated carbocycles. The summed E-state index contributed by atoms with van der Waals surface area (Å²) >= 11 is 0. The second-order valence-electron chi connectivity index (χ2n) is 8.52. The molecule has 27 heavy (non-hydrogen) atoms. The molecule has 4 rings (SSSR count). The van der Waals surface area contributed by atoms with E-state index < -0.39 is 9.84 Å². The second-order valence-corrected chi connectivity index (χ2v) is 10.8. The van der Waals surface area contributed by atoms with Crippen LogP contribution in [0, 0.1) is 11.8 Å². The summed E-state index contributed by atoms with van der Waals surface area (Å²) in [6, 6.07) is 0.442. The number of nitrogens with one attached hydrogen (secondary N) is 1. The highest BCUT2D eigenvalue weighted by Crippen LogP contribution is 2.45. The lowest BCUT2D eigenvalue weighted by atomic mass is 9.95. The summed E-state index contributed by atoms with van der Waals surface area (Å²) in [5, 5.41) is 3.50. The summed E-state index contributed by atoms with van der Waals surface area (Å²) in [6.45, 7) is 4.51. The normalized spacial score (nSPS) is 29.3. The number of fused-ring (bicyclic) bond motifs is 2. The van der Waals surface area contributed by atoms with Crippen LogP contribution in [0.15, 0.2) is 6.20 Å². The molecule has 1 aliphatic heterocycles. The van der Waals surface area contributed by atoms with Crippen LogP contribution < -0.4 is 5.32 Å². The summed E-state index contributed by atoms with van der Waals surface area (Å²) in [7, 11) is -3.02. The Bertz CT molecular complexity index is 825. The van der Waals surface area contributed by atoms with Crippen molar-refractivity contribution < 1.29 is 13.2 Å². The van der Waals surface area contributed by atoms with Gasteiger partial charge < -0.3 is 10.2 Å². The number of hydrogen-bond donors (Lipinski definition) is 1. The zero-order valence-electron chi connectivity index (χ0n) is 16.0. The van der Waals surface area contributed by atoms with Crippen molar-refractivity contribution in [1.29, 1.82) is 0 Å². The van der Waals surface area contributed by atoms with Gasteiger partial charge in [-0.05, 0) is 37.0 Å². The predicted molar refractivity (Wildman–Crippen MR) is 104 cm³/mol. The molecule has 1 aromatic rings. The Kier molecular flexibility index (Phi) is 4.86. The predicted octanol–water partition coefficient (Wildman–Crippen LogP) is 2.07. The zero-order chi connectivity index (χ0) is 19.2. The third-order valence-corrected chi connectivity index (χ3v) is 7.89. The van der Waals surface area contributed by atoms with Crippen molar-refractivity contribution in [3.63, 3.8) is 0 Å². The van der Waals surface area contributed by atoms with E-state index in [1.807, 2.05) is 13.8 Å². The fourth-order valence-electron chi connectivity index (χ4n) is 4.74. The molecular formula is C19H28N4O3S. The molecule has 0 radical (unpaired) electrons. The van der Waals surface area contributed by atoms with E-state index in [0.717, 1.165) is 17.5 Å². The van der Waals surface area contributed by atoms with Crippen LogP contribution in [0.3, 0.4) is 0 Å². The smallest absolute Gasteiger partial charge is 0.257 e. The molecule has 3 aliphatic rings. The molecule has 8 heteroatoms. The van der Waals surface area contributed by atoms with Gasteiger partial charge in [0.05, 0.1) is 22.8 Å². The van der Waals surface area contributed by atoms with Crippen molar-refractivity contribution in [1.82, 2.24) is 14.9 Å². The maximum Gasteiger partial charge on any atom is 0.257 e. The Morgan fingerprint density at radius 3 is 2.56 bits per heavy atom. The number of sulfone groups is 1. The van der Waals surface area contributed by atoms with Gasteiger partial charge in [0.1, 0.15) is 0 Å². The lowest BCUT2D eigenvalue weighted by Gasteiger charge is -2.28. The highest BCUT2D eigenvalue weighted by atomic mass is 32.2. The highest BCUT2D eigenvalue weighted by molar-refractivity contribution is 7.91. The second kappa shape index (κ2) is 7.04. The Balaban J connectivity index is 1.51. The van der Waals surface area contributed by atoms with E-state index in [2.05, 4.69) is 15.3 Å². The van der Waals surface area contributed by atoms with Gasteiger partial charge in [-0.15, -0.1) is 0 Å². The number of amides is 1. The van der Waals surface area contributed by atoms with Crippen LogP contribution >= 0.6 is 0 Å². The largest absolute Gasteiger partial charge is 0.351 e. The number of aromatic nitrogens is 2. The Morgan fingerprint density at radius 2 is 1.96 bits per heavy atom. The Hall–Kier alpha value is -1.70. The lowest BCUT2D eigenvalue weighted by Crippen LogP contribution is -2.44. The van der Waals surface area contributed by atoms with Crippen molar-refractivity contribution >= 4 is 21.7 Å². The third kappa shape index (κ3) is 3.81. The lowest BCUT2D eigenvalue weighted by molar-refractivity contribution is 0.0767. The van der Waals surface area contributed by atoms with Crippen LogP contribution in [-0.4, -0.2) is 59.8 Å². The fourth-order valence-corrected chi connectivity index (χ4v) is 5.94. The molecule has 1 aromatic heterocycles. The van der Waals surface area contributed by atoms with E-state index in [1.54, 1.807) is 11.1 Å². The zero-order valence-corrected chi connectivity index (χ0v) is 16.8. The van der Waals surface area contributed by atoms with Gasteiger partial charge in [-0.2, -0.15) is 0 Å². The van der Waals surface area contributed by atoms with Crippen LogP contribution in [0.1, 0.15) is 61.5 Å². The molecule has 0 aromatic carbocycles. The summed E-state index contributed by atoms with van der Waals surface area (Å²) in [5.74, 6) is 2.14. The minimum Gasteiger partial charge on any atom is -0.351 e. The highest BCUT2D eigenvalue weighted by Gasteiger charge is 2.40. The third-order valence-electron chi connectivity index (χ3n) is 6.28. The van der Waals surface area contributed by atoms with Gasteiger partial charge in [0.15, 0.2) is 9.84 Å². The van der Waals surface area contributed by atoms with Crippen molar-refractivity contribution in [3.8, 4) is 0 Å². The maximum absolute atomic E-state index is 12.9. The Labute approximate surface area is 160 Å². The molecule has 0 unspecified atom stereocenters.